The summed E-state index contributed by atoms with van der Waals surface area (Å²) >= 11 is 0. The third kappa shape index (κ3) is 11.1. The van der Waals surface area contributed by atoms with E-state index in [9.17, 15) is 19.2 Å². The first-order chi connectivity index (χ1) is 30.9. The number of rotatable bonds is 20. The zero-order valence-electron chi connectivity index (χ0n) is 41.5. The van der Waals surface area contributed by atoms with E-state index in [-0.39, 0.29) is 54.2 Å². The Hall–Kier alpha value is -4.86. The topological polar surface area (TPSA) is 144 Å². The van der Waals surface area contributed by atoms with Gasteiger partial charge in [0.1, 0.15) is 12.5 Å². The molecule has 10 nitrogen and oxygen atoms in total. The summed E-state index contributed by atoms with van der Waals surface area (Å²) in [4.78, 5) is 72.1. The lowest BCUT2D eigenvalue weighted by molar-refractivity contribution is -0.143. The molecule has 0 aromatic carbocycles. The Kier molecular flexibility index (Phi) is 16.5. The van der Waals surface area contributed by atoms with Crippen molar-refractivity contribution in [3.05, 3.63) is 80.4 Å². The van der Waals surface area contributed by atoms with Gasteiger partial charge in [0, 0.05) is 74.9 Å². The summed E-state index contributed by atoms with van der Waals surface area (Å²) in [7, 11) is 1.30. The largest absolute Gasteiger partial charge is 0.468 e. The Morgan fingerprint density at radius 1 is 0.769 bits per heavy atom. The first-order valence-electron chi connectivity index (χ1n) is 24.7. The van der Waals surface area contributed by atoms with Crippen molar-refractivity contribution >= 4 is 45.6 Å². The molecule has 0 amide bonds. The second-order valence-corrected chi connectivity index (χ2v) is 20.3. The van der Waals surface area contributed by atoms with Crippen LogP contribution in [0, 0.1) is 31.6 Å². The molecular weight excluding hydrogens is 813 g/mol. The number of esters is 2. The number of nitrogens with zero attached hydrogens (tertiary/aromatic N) is 2. The molecule has 0 saturated carbocycles. The number of ether oxygens (including phenoxy) is 2. The van der Waals surface area contributed by atoms with Gasteiger partial charge in [-0.3, -0.25) is 29.1 Å². The van der Waals surface area contributed by atoms with Gasteiger partial charge in [0.2, 0.25) is 0 Å². The highest BCUT2D eigenvalue weighted by Gasteiger charge is 2.45. The molecule has 0 fully saturated rings. The van der Waals surface area contributed by atoms with Gasteiger partial charge in [0.05, 0.1) is 23.8 Å². The third-order valence-corrected chi connectivity index (χ3v) is 14.9. The lowest BCUT2D eigenvalue weighted by Crippen LogP contribution is -2.21. The van der Waals surface area contributed by atoms with Gasteiger partial charge in [-0.05, 0) is 107 Å². The highest BCUT2D eigenvalue weighted by molar-refractivity contribution is 6.23. The Bertz CT molecular complexity index is 2450. The number of hydrogen-bond acceptors (Lipinski definition) is 8. The quantitative estimate of drug-likeness (QED) is 0.0494. The van der Waals surface area contributed by atoms with Gasteiger partial charge in [-0.1, -0.05) is 99.0 Å². The van der Waals surface area contributed by atoms with Gasteiger partial charge in [-0.15, -0.1) is 0 Å². The van der Waals surface area contributed by atoms with E-state index in [0.29, 0.717) is 45.8 Å². The van der Waals surface area contributed by atoms with E-state index in [4.69, 9.17) is 19.4 Å². The molecule has 0 unspecified atom stereocenters. The summed E-state index contributed by atoms with van der Waals surface area (Å²) in [5.74, 6) is -0.573. The molecule has 8 bridgehead atoms. The number of aromatic nitrogens is 4. The number of allylic oxidation sites excluding steroid dienone is 1. The minimum atomic E-state index is -1.21. The van der Waals surface area contributed by atoms with Crippen LogP contribution >= 0.6 is 0 Å². The number of fused-ring (bicyclic) bond motifs is 8. The second kappa shape index (κ2) is 21.6. The Balaban J connectivity index is 1.25. The molecule has 0 radical (unpaired) electrons. The van der Waals surface area contributed by atoms with Crippen molar-refractivity contribution in [2.45, 2.75) is 183 Å². The van der Waals surface area contributed by atoms with Crippen LogP contribution in [0.25, 0.3) is 22.1 Å². The predicted octanol–water partition coefficient (Wildman–Crippen LogP) is 13.5. The minimum absolute atomic E-state index is 0.0532. The Morgan fingerprint density at radius 3 is 2.02 bits per heavy atom. The van der Waals surface area contributed by atoms with Gasteiger partial charge in [0.25, 0.3) is 0 Å². The van der Waals surface area contributed by atoms with Gasteiger partial charge in [-0.25, -0.2) is 0 Å². The van der Waals surface area contributed by atoms with Crippen molar-refractivity contribution in [1.29, 1.82) is 0 Å². The van der Waals surface area contributed by atoms with Gasteiger partial charge < -0.3 is 19.4 Å². The van der Waals surface area contributed by atoms with Crippen molar-refractivity contribution < 1.29 is 28.7 Å². The molecule has 2 aliphatic heterocycles. The summed E-state index contributed by atoms with van der Waals surface area (Å²) in [6.45, 7) is 23.5. The number of ketones is 2. The zero-order chi connectivity index (χ0) is 47.3. The number of nitrogens with one attached hydrogen (secondary N) is 2. The monoisotopic (exact) mass is 889 g/mol. The fourth-order valence-corrected chi connectivity index (χ4v) is 10.8. The van der Waals surface area contributed by atoms with Gasteiger partial charge in [-0.2, -0.15) is 0 Å². The van der Waals surface area contributed by atoms with E-state index < -0.39 is 11.9 Å². The molecule has 352 valence electrons. The van der Waals surface area contributed by atoms with Crippen LogP contribution in [0.5, 0.6) is 0 Å². The maximum atomic E-state index is 14.4. The normalized spacial score (nSPS) is 20.4. The lowest BCUT2D eigenvalue weighted by Gasteiger charge is -2.18. The summed E-state index contributed by atoms with van der Waals surface area (Å²) in [6.07, 6.45) is 14.6. The molecular formula is C55H76N4O6. The molecule has 10 heteroatoms. The van der Waals surface area contributed by atoms with Crippen molar-refractivity contribution in [2.24, 2.45) is 17.8 Å². The average molecular weight is 889 g/mol. The van der Waals surface area contributed by atoms with E-state index in [1.807, 2.05) is 38.1 Å². The van der Waals surface area contributed by atoms with E-state index in [0.717, 1.165) is 70.3 Å². The van der Waals surface area contributed by atoms with Crippen LogP contribution < -0.4 is 0 Å². The number of carbonyl (C=O) groups is 4. The number of aromatic amines is 2. The number of H-pyrrole nitrogens is 2. The summed E-state index contributed by atoms with van der Waals surface area (Å²) in [5.41, 5.74) is 10.1. The number of Topliss-reactive ketones (excluding diaryl/α,β-unsaturated/α-hetero) is 2. The number of carbonyl (C=O) groups excluding carboxylic acids is 4. The number of hydrogen-bond donors (Lipinski definition) is 2. The summed E-state index contributed by atoms with van der Waals surface area (Å²) in [6, 6.07) is 5.99. The molecule has 7 atom stereocenters. The maximum absolute atomic E-state index is 14.4. The van der Waals surface area contributed by atoms with E-state index in [2.05, 4.69) is 65.4 Å². The summed E-state index contributed by atoms with van der Waals surface area (Å²) < 4.78 is 11.1. The molecule has 3 aromatic rings. The molecule has 5 heterocycles. The maximum Gasteiger partial charge on any atom is 0.321 e. The predicted molar refractivity (Wildman–Crippen MR) is 261 cm³/mol. The smallest absolute Gasteiger partial charge is 0.321 e. The van der Waals surface area contributed by atoms with E-state index in [1.54, 1.807) is 6.92 Å². The Labute approximate surface area is 387 Å². The molecule has 3 aromatic heterocycles. The van der Waals surface area contributed by atoms with E-state index >= 15 is 0 Å². The average Bonchev–Trinajstić information content (AvgIpc) is 4.00. The number of methoxy groups -OCH3 is 1. The van der Waals surface area contributed by atoms with E-state index in [1.165, 1.54) is 57.6 Å². The molecule has 65 heavy (non-hydrogen) atoms. The van der Waals surface area contributed by atoms with Crippen molar-refractivity contribution in [2.75, 3.05) is 13.7 Å². The number of aryl methyl sites for hydroxylation is 2. The highest BCUT2D eigenvalue weighted by Crippen LogP contribution is 2.48. The lowest BCUT2D eigenvalue weighted by atomic mass is 9.84. The van der Waals surface area contributed by atoms with Crippen molar-refractivity contribution in [3.63, 3.8) is 0 Å². The highest BCUT2D eigenvalue weighted by atomic mass is 16.5. The van der Waals surface area contributed by atoms with Crippen LogP contribution in [-0.2, 0) is 19.1 Å². The molecule has 0 saturated heterocycles. The van der Waals surface area contributed by atoms with Gasteiger partial charge in [0.15, 0.2) is 11.6 Å². The molecule has 1 aliphatic carbocycles. The van der Waals surface area contributed by atoms with Crippen LogP contribution in [0.15, 0.2) is 29.8 Å². The SMILES string of the molecule is CC[C@@H]1c2cc3[nH]c4c(c3C)C(=O)[C@H](C(=O)OC)c4c3nc(cc4[nH]c(cc(n2)[C@@H]1C)c(C(C)=O)c4C)[C@@H](C)[C@@H]3CCC(=O)OC/C=C(\C)CCC[C@@H](C)CCC[C@@H](C)CCCC(C)C. The molecule has 3 aliphatic rings. The first-order valence-corrected chi connectivity index (χ1v) is 24.7. The fourth-order valence-electron chi connectivity index (χ4n) is 10.8. The van der Waals surface area contributed by atoms with Crippen LogP contribution in [0.1, 0.15) is 229 Å². The second-order valence-electron chi connectivity index (χ2n) is 20.3. The van der Waals surface area contributed by atoms with Crippen LogP contribution in [-0.4, -0.2) is 57.2 Å². The summed E-state index contributed by atoms with van der Waals surface area (Å²) in [5, 5.41) is 0. The standard InChI is InChI=1S/C55H76N4O6/c1-13-39-34(7)41-29-46-48(38(11)60)36(9)43(57-46)27-42-35(8)40(52(58-42)50-51(55(63)64-12)54(62)49-37(10)44(59-53(49)50)28-45(39)56-41)23-24-47(61)65-26-25-33(6)22-16-21-32(5)20-15-19-31(4)18-14-17-30(2)3/h25,27-32,34-35,39-40,51,57,59H,13-24,26H2,1-12H3/b33-25+,41-29?,42-27?,43-27?,44-28?,45-28?,46-29?,52-50?/t31-,32-,34+,35-,39-,40-,51+/m0/s1. The van der Waals surface area contributed by atoms with Gasteiger partial charge >= 0.3 is 11.9 Å². The van der Waals surface area contributed by atoms with Crippen LogP contribution in [0.4, 0.5) is 0 Å². The first kappa shape index (κ1) is 49.6. The minimum Gasteiger partial charge on any atom is -0.468 e. The zero-order valence-corrected chi connectivity index (χ0v) is 41.5. The van der Waals surface area contributed by atoms with Crippen LogP contribution in [0.2, 0.25) is 0 Å². The molecule has 0 spiro atoms. The third-order valence-electron chi connectivity index (χ3n) is 14.9. The molecule has 2 N–H and O–H groups in total. The fraction of sp³-hybridized carbons (Fsp3) is 0.600. The van der Waals surface area contributed by atoms with Crippen LogP contribution in [0.3, 0.4) is 0 Å². The Morgan fingerprint density at radius 2 is 1.37 bits per heavy atom. The van der Waals surface area contributed by atoms with Crippen molar-refractivity contribution in [1.82, 2.24) is 19.9 Å². The van der Waals surface area contributed by atoms with Crippen molar-refractivity contribution in [3.8, 4) is 0 Å². The molecule has 6 rings (SSSR count).